The molecule has 0 radical (unpaired) electrons. The summed E-state index contributed by atoms with van der Waals surface area (Å²) in [6.07, 6.45) is 7.97. The minimum Gasteiger partial charge on any atom is -0.389 e. The van der Waals surface area contributed by atoms with Crippen LogP contribution in [0.5, 0.6) is 0 Å². The van der Waals surface area contributed by atoms with Gasteiger partial charge in [-0.15, -0.1) is 0 Å². The zero-order chi connectivity index (χ0) is 8.66. The summed E-state index contributed by atoms with van der Waals surface area (Å²) in [5.41, 5.74) is 5.47. The van der Waals surface area contributed by atoms with Gasteiger partial charge in [-0.2, -0.15) is 0 Å². The Morgan fingerprint density at radius 2 is 1.58 bits per heavy atom. The lowest BCUT2D eigenvalue weighted by atomic mass is 9.73. The van der Waals surface area contributed by atoms with Gasteiger partial charge in [0.1, 0.15) is 0 Å². The molecule has 0 amide bonds. The second kappa shape index (κ2) is 2.71. The van der Waals surface area contributed by atoms with Gasteiger partial charge in [0.15, 0.2) is 0 Å². The van der Waals surface area contributed by atoms with Crippen LogP contribution in [-0.4, -0.2) is 17.3 Å². The fraction of sp³-hybridized carbons (Fsp3) is 1.00. The molecule has 0 saturated heterocycles. The van der Waals surface area contributed by atoms with Crippen molar-refractivity contribution in [2.45, 2.75) is 50.5 Å². The van der Waals surface area contributed by atoms with E-state index in [1.807, 2.05) is 0 Å². The fourth-order valence-corrected chi connectivity index (χ4v) is 2.68. The van der Waals surface area contributed by atoms with Crippen molar-refractivity contribution in [3.63, 3.8) is 0 Å². The largest absolute Gasteiger partial charge is 0.389 e. The van der Waals surface area contributed by atoms with E-state index in [0.717, 1.165) is 25.7 Å². The monoisotopic (exact) mass is 169 g/mol. The molecule has 70 valence electrons. The van der Waals surface area contributed by atoms with Gasteiger partial charge in [-0.3, -0.25) is 0 Å². The molecule has 2 aliphatic carbocycles. The first-order chi connectivity index (χ1) is 5.72. The average molecular weight is 169 g/mol. The van der Waals surface area contributed by atoms with E-state index >= 15 is 0 Å². The molecule has 0 bridgehead atoms. The van der Waals surface area contributed by atoms with E-state index in [1.165, 1.54) is 19.3 Å². The Bertz CT molecular complexity index is 169. The van der Waals surface area contributed by atoms with E-state index in [9.17, 15) is 5.11 Å². The Hall–Kier alpha value is -0.0800. The summed E-state index contributed by atoms with van der Waals surface area (Å²) < 4.78 is 0. The van der Waals surface area contributed by atoms with E-state index in [4.69, 9.17) is 5.73 Å². The van der Waals surface area contributed by atoms with Crippen molar-refractivity contribution in [2.24, 2.45) is 11.1 Å². The predicted molar refractivity (Wildman–Crippen MR) is 48.8 cm³/mol. The summed E-state index contributed by atoms with van der Waals surface area (Å²) in [5, 5.41) is 10.4. The summed E-state index contributed by atoms with van der Waals surface area (Å²) in [7, 11) is 0. The first-order valence-corrected chi connectivity index (χ1v) is 5.15. The minimum absolute atomic E-state index is 0.132. The number of aliphatic hydroxyl groups is 1. The Kier molecular flexibility index (Phi) is 1.92. The Morgan fingerprint density at radius 1 is 1.00 bits per heavy atom. The third kappa shape index (κ3) is 1.09. The molecule has 2 aliphatic rings. The van der Waals surface area contributed by atoms with Gasteiger partial charge in [0.2, 0.25) is 0 Å². The number of rotatable bonds is 2. The zero-order valence-corrected chi connectivity index (χ0v) is 7.68. The molecular formula is C10H19NO. The summed E-state index contributed by atoms with van der Waals surface area (Å²) >= 11 is 0. The number of hydrogen-bond acceptors (Lipinski definition) is 2. The molecule has 0 atom stereocenters. The van der Waals surface area contributed by atoms with Crippen molar-refractivity contribution >= 4 is 0 Å². The van der Waals surface area contributed by atoms with Gasteiger partial charge >= 0.3 is 0 Å². The van der Waals surface area contributed by atoms with Crippen LogP contribution in [0.1, 0.15) is 44.9 Å². The first kappa shape index (κ1) is 8.52. The molecule has 12 heavy (non-hydrogen) atoms. The van der Waals surface area contributed by atoms with Crippen molar-refractivity contribution in [1.29, 1.82) is 0 Å². The van der Waals surface area contributed by atoms with Crippen molar-refractivity contribution < 1.29 is 5.11 Å². The summed E-state index contributed by atoms with van der Waals surface area (Å²) in [6.45, 7) is 0.684. The van der Waals surface area contributed by atoms with Gasteiger partial charge in [-0.25, -0.2) is 0 Å². The lowest BCUT2D eigenvalue weighted by molar-refractivity contribution is -0.0590. The van der Waals surface area contributed by atoms with Gasteiger partial charge < -0.3 is 10.8 Å². The molecule has 2 saturated carbocycles. The average Bonchev–Trinajstić information content (AvgIpc) is 2.86. The molecule has 3 N–H and O–H groups in total. The molecule has 2 nitrogen and oxygen atoms in total. The second-order valence-electron chi connectivity index (χ2n) is 4.58. The van der Waals surface area contributed by atoms with Crippen LogP contribution in [0.15, 0.2) is 0 Å². The molecule has 2 heteroatoms. The van der Waals surface area contributed by atoms with E-state index in [0.29, 0.717) is 6.54 Å². The van der Waals surface area contributed by atoms with Crippen LogP contribution in [0.25, 0.3) is 0 Å². The Labute approximate surface area is 74.1 Å². The Balaban J connectivity index is 2.08. The van der Waals surface area contributed by atoms with Crippen LogP contribution in [0.4, 0.5) is 0 Å². The maximum atomic E-state index is 10.4. The normalized spacial score (nSPS) is 31.5. The quantitative estimate of drug-likeness (QED) is 0.656. The second-order valence-corrected chi connectivity index (χ2v) is 4.58. The SMILES string of the molecule is NCC1(C2(O)CCCCC2)CC1. The highest BCUT2D eigenvalue weighted by Crippen LogP contribution is 2.57. The van der Waals surface area contributed by atoms with Crippen LogP contribution >= 0.6 is 0 Å². The van der Waals surface area contributed by atoms with Gasteiger partial charge in [0.25, 0.3) is 0 Å². The summed E-state index contributed by atoms with van der Waals surface area (Å²) in [5.74, 6) is 0. The van der Waals surface area contributed by atoms with Crippen LogP contribution in [0, 0.1) is 5.41 Å². The van der Waals surface area contributed by atoms with Gasteiger partial charge in [0, 0.05) is 12.0 Å². The number of hydrogen-bond donors (Lipinski definition) is 2. The lowest BCUT2D eigenvalue weighted by Crippen LogP contribution is -2.45. The van der Waals surface area contributed by atoms with Gasteiger partial charge in [-0.05, 0) is 25.7 Å². The third-order valence-corrected chi connectivity index (χ3v) is 3.91. The van der Waals surface area contributed by atoms with Crippen molar-refractivity contribution in [1.82, 2.24) is 0 Å². The minimum atomic E-state index is -0.389. The smallest absolute Gasteiger partial charge is 0.0715 e. The molecule has 0 aromatic rings. The summed E-state index contributed by atoms with van der Waals surface area (Å²) in [6, 6.07) is 0. The maximum absolute atomic E-state index is 10.4. The van der Waals surface area contributed by atoms with E-state index in [-0.39, 0.29) is 11.0 Å². The first-order valence-electron chi connectivity index (χ1n) is 5.15. The van der Waals surface area contributed by atoms with Crippen LogP contribution < -0.4 is 5.73 Å². The topological polar surface area (TPSA) is 46.2 Å². The number of nitrogens with two attached hydrogens (primary N) is 1. The third-order valence-electron chi connectivity index (χ3n) is 3.91. The standard InChI is InChI=1S/C10H19NO/c11-8-9(6-7-9)10(12)4-2-1-3-5-10/h12H,1-8,11H2. The van der Waals surface area contributed by atoms with Crippen molar-refractivity contribution in [3.05, 3.63) is 0 Å². The molecule has 0 unspecified atom stereocenters. The molecule has 2 fully saturated rings. The molecular weight excluding hydrogens is 150 g/mol. The molecule has 0 spiro atoms. The van der Waals surface area contributed by atoms with Crippen molar-refractivity contribution in [3.8, 4) is 0 Å². The Morgan fingerprint density at radius 3 is 2.00 bits per heavy atom. The highest BCUT2D eigenvalue weighted by molar-refractivity contribution is 5.09. The molecule has 0 aromatic carbocycles. The molecule has 0 aromatic heterocycles. The summed E-state index contributed by atoms with van der Waals surface area (Å²) in [4.78, 5) is 0. The van der Waals surface area contributed by atoms with Crippen LogP contribution in [0.2, 0.25) is 0 Å². The van der Waals surface area contributed by atoms with Gasteiger partial charge in [-0.1, -0.05) is 19.3 Å². The highest BCUT2D eigenvalue weighted by Gasteiger charge is 2.57. The molecule has 2 rings (SSSR count). The van der Waals surface area contributed by atoms with Crippen LogP contribution in [0.3, 0.4) is 0 Å². The predicted octanol–water partition coefficient (Wildman–Crippen LogP) is 1.42. The molecule has 0 heterocycles. The maximum Gasteiger partial charge on any atom is 0.0715 e. The van der Waals surface area contributed by atoms with Gasteiger partial charge in [0.05, 0.1) is 5.60 Å². The highest BCUT2D eigenvalue weighted by atomic mass is 16.3. The fourth-order valence-electron chi connectivity index (χ4n) is 2.68. The zero-order valence-electron chi connectivity index (χ0n) is 7.68. The lowest BCUT2D eigenvalue weighted by Gasteiger charge is -2.39. The van der Waals surface area contributed by atoms with E-state index in [1.54, 1.807) is 0 Å². The van der Waals surface area contributed by atoms with Crippen molar-refractivity contribution in [2.75, 3.05) is 6.54 Å². The van der Waals surface area contributed by atoms with E-state index in [2.05, 4.69) is 0 Å². The van der Waals surface area contributed by atoms with Crippen LogP contribution in [-0.2, 0) is 0 Å². The van der Waals surface area contributed by atoms with E-state index < -0.39 is 0 Å². The molecule has 0 aliphatic heterocycles.